The average molecular weight is 388 g/mol. The van der Waals surface area contributed by atoms with Gasteiger partial charge in [0.25, 0.3) is 5.91 Å². The maximum Gasteiger partial charge on any atom is 0.253 e. The molecular weight excluding hydrogens is 364 g/mol. The number of benzene rings is 2. The van der Waals surface area contributed by atoms with Gasteiger partial charge in [0.05, 0.1) is 17.5 Å². The first-order valence-electron chi connectivity index (χ1n) is 10.3. The number of para-hydroxylation sites is 2. The fourth-order valence-electron chi connectivity index (χ4n) is 4.61. The van der Waals surface area contributed by atoms with E-state index in [9.17, 15) is 9.59 Å². The summed E-state index contributed by atoms with van der Waals surface area (Å²) in [5.74, 6) is 0.577. The van der Waals surface area contributed by atoms with Gasteiger partial charge in [-0.1, -0.05) is 55.3 Å². The van der Waals surface area contributed by atoms with Crippen LogP contribution in [0.15, 0.2) is 54.6 Å². The number of hydrogen-bond donors (Lipinski definition) is 1. The Kier molecular flexibility index (Phi) is 4.54. The average Bonchev–Trinajstić information content (AvgIpc) is 3.44. The lowest BCUT2D eigenvalue weighted by molar-refractivity contribution is -0.127. The molecule has 1 aliphatic heterocycles. The first kappa shape index (κ1) is 17.9. The van der Waals surface area contributed by atoms with E-state index in [-0.39, 0.29) is 24.3 Å². The van der Waals surface area contributed by atoms with Crippen LogP contribution in [0.1, 0.15) is 43.7 Å². The van der Waals surface area contributed by atoms with Crippen LogP contribution in [0.5, 0.6) is 0 Å². The van der Waals surface area contributed by atoms with Crippen molar-refractivity contribution in [2.75, 3.05) is 4.90 Å². The zero-order valence-corrected chi connectivity index (χ0v) is 16.3. The summed E-state index contributed by atoms with van der Waals surface area (Å²) in [6.45, 7) is 0.463. The molecule has 0 radical (unpaired) electrons. The van der Waals surface area contributed by atoms with E-state index in [2.05, 4.69) is 5.32 Å². The van der Waals surface area contributed by atoms with Gasteiger partial charge >= 0.3 is 0 Å². The summed E-state index contributed by atoms with van der Waals surface area (Å²) in [5, 5.41) is 2.96. The minimum Gasteiger partial charge on any atom is -0.352 e. The summed E-state index contributed by atoms with van der Waals surface area (Å²) in [7, 11) is 0. The highest BCUT2D eigenvalue weighted by molar-refractivity contribution is 6.04. The summed E-state index contributed by atoms with van der Waals surface area (Å²) in [6, 6.07) is 17.3. The fourth-order valence-corrected chi connectivity index (χ4v) is 4.61. The van der Waals surface area contributed by atoms with E-state index in [0.29, 0.717) is 12.5 Å². The maximum atomic E-state index is 13.3. The topological polar surface area (TPSA) is 67.2 Å². The maximum absolute atomic E-state index is 13.3. The number of carbonyl (C=O) groups excluding carboxylic acids is 2. The highest BCUT2D eigenvalue weighted by Gasteiger charge is 2.44. The van der Waals surface area contributed by atoms with Crippen molar-refractivity contribution in [3.8, 4) is 0 Å². The third kappa shape index (κ3) is 3.18. The van der Waals surface area contributed by atoms with E-state index in [4.69, 9.17) is 4.98 Å². The molecule has 29 heavy (non-hydrogen) atoms. The van der Waals surface area contributed by atoms with Crippen molar-refractivity contribution in [1.29, 1.82) is 0 Å². The fraction of sp³-hybridized carbons (Fsp3) is 0.348. The molecule has 5 rings (SSSR count). The predicted octanol–water partition coefficient (Wildman–Crippen LogP) is 3.57. The lowest BCUT2D eigenvalue weighted by atomic mass is 10.1. The Balaban J connectivity index is 1.42. The zero-order valence-electron chi connectivity index (χ0n) is 16.3. The normalized spacial score (nSPS) is 19.1. The first-order chi connectivity index (χ1) is 14.2. The van der Waals surface area contributed by atoms with Crippen LogP contribution < -0.4 is 10.2 Å². The van der Waals surface area contributed by atoms with Crippen LogP contribution in [-0.4, -0.2) is 27.4 Å². The van der Waals surface area contributed by atoms with Crippen LogP contribution in [0, 0.1) is 0 Å². The summed E-state index contributed by atoms with van der Waals surface area (Å²) >= 11 is 0. The van der Waals surface area contributed by atoms with Crippen molar-refractivity contribution < 1.29 is 9.59 Å². The van der Waals surface area contributed by atoms with Crippen molar-refractivity contribution in [1.82, 2.24) is 14.9 Å². The third-order valence-electron chi connectivity index (χ3n) is 6.03. The molecule has 2 aliphatic rings. The number of rotatable bonds is 5. The van der Waals surface area contributed by atoms with Gasteiger partial charge in [0.15, 0.2) is 0 Å². The molecule has 1 aliphatic carbocycles. The second-order valence-corrected chi connectivity index (χ2v) is 7.90. The molecule has 6 heteroatoms. The molecule has 1 unspecified atom stereocenters. The van der Waals surface area contributed by atoms with E-state index < -0.39 is 6.04 Å². The van der Waals surface area contributed by atoms with Crippen molar-refractivity contribution >= 4 is 28.8 Å². The molecule has 148 valence electrons. The number of carbonyl (C=O) groups is 2. The Labute approximate surface area is 169 Å². The molecule has 0 spiro atoms. The summed E-state index contributed by atoms with van der Waals surface area (Å²) < 4.78 is 1.97. The molecule has 0 bridgehead atoms. The van der Waals surface area contributed by atoms with E-state index in [1.165, 1.54) is 0 Å². The van der Waals surface area contributed by atoms with Crippen molar-refractivity contribution in [2.24, 2.45) is 0 Å². The van der Waals surface area contributed by atoms with Crippen LogP contribution in [0.3, 0.4) is 0 Å². The van der Waals surface area contributed by atoms with Gasteiger partial charge in [-0.15, -0.1) is 0 Å². The Morgan fingerprint density at radius 2 is 1.76 bits per heavy atom. The van der Waals surface area contributed by atoms with Gasteiger partial charge < -0.3 is 5.32 Å². The van der Waals surface area contributed by atoms with Crippen LogP contribution in [0.2, 0.25) is 0 Å². The Morgan fingerprint density at radius 3 is 2.55 bits per heavy atom. The van der Waals surface area contributed by atoms with Crippen LogP contribution in [-0.2, 0) is 16.1 Å². The number of aromatic nitrogens is 2. The molecule has 2 aromatic carbocycles. The first-order valence-corrected chi connectivity index (χ1v) is 10.3. The Hall–Kier alpha value is -3.15. The number of hydrogen-bond acceptors (Lipinski definition) is 3. The van der Waals surface area contributed by atoms with Crippen LogP contribution >= 0.6 is 0 Å². The molecule has 1 fully saturated rings. The standard InChI is InChI=1S/C23H24N4O2/c28-21(24-15-16-8-2-1-3-9-16)14-20-22(29)26(17-10-4-5-11-17)23-25-18-12-6-7-13-19(18)27(20)23/h1-3,6-9,12-13,17,20H,4-5,10-11,14-15H2,(H,24,28). The minimum atomic E-state index is -0.534. The quantitative estimate of drug-likeness (QED) is 0.727. The van der Waals surface area contributed by atoms with Gasteiger partial charge in [0.2, 0.25) is 11.9 Å². The monoisotopic (exact) mass is 388 g/mol. The molecule has 3 aromatic rings. The zero-order chi connectivity index (χ0) is 19.8. The second kappa shape index (κ2) is 7.35. The number of nitrogens with zero attached hydrogens (tertiary/aromatic N) is 3. The lowest BCUT2D eigenvalue weighted by Gasteiger charge is -2.22. The van der Waals surface area contributed by atoms with Crippen LogP contribution in [0.4, 0.5) is 5.95 Å². The SMILES string of the molecule is O=C(CC1C(=O)N(C2CCCC2)c2nc3ccccc3n21)NCc1ccccc1. The van der Waals surface area contributed by atoms with Gasteiger partial charge in [-0.05, 0) is 30.5 Å². The van der Waals surface area contributed by atoms with Crippen molar-refractivity contribution in [2.45, 2.75) is 50.7 Å². The Bertz CT molecular complexity index is 1050. The molecule has 1 saturated carbocycles. The molecule has 1 aromatic heterocycles. The van der Waals surface area contributed by atoms with E-state index in [1.807, 2.05) is 64.1 Å². The van der Waals surface area contributed by atoms with E-state index in [1.54, 1.807) is 0 Å². The summed E-state index contributed by atoms with van der Waals surface area (Å²) in [4.78, 5) is 32.7. The Morgan fingerprint density at radius 1 is 1.03 bits per heavy atom. The van der Waals surface area contributed by atoms with Gasteiger partial charge in [-0.3, -0.25) is 19.1 Å². The smallest absolute Gasteiger partial charge is 0.253 e. The highest BCUT2D eigenvalue weighted by atomic mass is 16.2. The van der Waals surface area contributed by atoms with E-state index in [0.717, 1.165) is 42.3 Å². The van der Waals surface area contributed by atoms with Crippen molar-refractivity contribution in [3.63, 3.8) is 0 Å². The number of anilines is 1. The van der Waals surface area contributed by atoms with Gasteiger partial charge in [-0.25, -0.2) is 4.98 Å². The molecule has 1 atom stereocenters. The van der Waals surface area contributed by atoms with Gasteiger partial charge in [0.1, 0.15) is 6.04 Å². The molecule has 1 N–H and O–H groups in total. The van der Waals surface area contributed by atoms with Gasteiger partial charge in [-0.2, -0.15) is 0 Å². The summed E-state index contributed by atoms with van der Waals surface area (Å²) in [6.07, 6.45) is 4.40. The molecule has 6 nitrogen and oxygen atoms in total. The molecule has 2 heterocycles. The number of fused-ring (bicyclic) bond motifs is 3. The lowest BCUT2D eigenvalue weighted by Crippen LogP contribution is -2.38. The minimum absolute atomic E-state index is 0.0000131. The number of nitrogens with one attached hydrogen (secondary N) is 1. The predicted molar refractivity (Wildman–Crippen MR) is 111 cm³/mol. The largest absolute Gasteiger partial charge is 0.352 e. The number of imidazole rings is 1. The third-order valence-corrected chi connectivity index (χ3v) is 6.03. The molecular formula is C23H24N4O2. The van der Waals surface area contributed by atoms with Gasteiger partial charge in [0, 0.05) is 12.6 Å². The van der Waals surface area contributed by atoms with Crippen LogP contribution in [0.25, 0.3) is 11.0 Å². The molecule has 0 saturated heterocycles. The second-order valence-electron chi connectivity index (χ2n) is 7.90. The number of amides is 2. The van der Waals surface area contributed by atoms with E-state index >= 15 is 0 Å². The molecule has 2 amide bonds. The highest BCUT2D eigenvalue weighted by Crippen LogP contribution is 2.40. The van der Waals surface area contributed by atoms with Crippen molar-refractivity contribution in [3.05, 3.63) is 60.2 Å². The summed E-state index contributed by atoms with van der Waals surface area (Å²) in [5.41, 5.74) is 2.82.